The van der Waals surface area contributed by atoms with Crippen LogP contribution < -0.4 is 0 Å². The lowest BCUT2D eigenvalue weighted by atomic mass is 10.1. The molecule has 1 aliphatic rings. The lowest BCUT2D eigenvalue weighted by Gasteiger charge is -2.21. The van der Waals surface area contributed by atoms with E-state index in [4.69, 9.17) is 0 Å². The highest BCUT2D eigenvalue weighted by Gasteiger charge is 2.46. The molecule has 0 N–H and O–H groups in total. The van der Waals surface area contributed by atoms with E-state index in [1.807, 2.05) is 0 Å². The fourth-order valence-electron chi connectivity index (χ4n) is 2.16. The van der Waals surface area contributed by atoms with E-state index in [9.17, 15) is 28.1 Å². The third-order valence-electron chi connectivity index (χ3n) is 3.31. The van der Waals surface area contributed by atoms with Crippen LogP contribution in [0.1, 0.15) is 30.6 Å². The van der Waals surface area contributed by atoms with Crippen LogP contribution in [-0.2, 0) is 14.8 Å². The molecule has 1 atom stereocenters. The highest BCUT2D eigenvalue weighted by atomic mass is 32.2. The second-order valence-electron chi connectivity index (χ2n) is 4.54. The molecule has 0 bridgehead atoms. The Hall–Kier alpha value is -2.29. The second-order valence-corrected chi connectivity index (χ2v) is 6.32. The predicted octanol–water partition coefficient (Wildman–Crippen LogP) is 1.11. The molecule has 8 nitrogen and oxygen atoms in total. The van der Waals surface area contributed by atoms with Gasteiger partial charge in [0, 0.05) is 18.6 Å². The number of amides is 1. The van der Waals surface area contributed by atoms with E-state index in [1.54, 1.807) is 6.92 Å². The summed E-state index contributed by atoms with van der Waals surface area (Å²) in [6.07, 6.45) is 0.0803. The lowest BCUT2D eigenvalue weighted by molar-refractivity contribution is -0.385. The molecule has 0 radical (unpaired) electrons. The number of carbonyl (C=O) groups is 2. The minimum absolute atomic E-state index is 0.0803. The molecular formula is C12H12N2O6S. The first-order valence-corrected chi connectivity index (χ1v) is 7.55. The summed E-state index contributed by atoms with van der Waals surface area (Å²) >= 11 is 0. The molecule has 1 unspecified atom stereocenters. The van der Waals surface area contributed by atoms with Gasteiger partial charge in [0.25, 0.3) is 21.6 Å². The number of non-ortho nitro benzene ring substituents is 1. The number of sulfonamides is 1. The monoisotopic (exact) mass is 312 g/mol. The standard InChI is InChI=1S/C12H12N2O6S/c1-3-10(15)7(2)13-12(16)9-5-4-8(14(17)18)6-11(9)21(13,19)20/h4-7H,3H2,1-2H3. The molecule has 0 fully saturated rings. The van der Waals surface area contributed by atoms with Crippen molar-refractivity contribution in [3.63, 3.8) is 0 Å². The molecule has 9 heteroatoms. The van der Waals surface area contributed by atoms with Crippen LogP contribution in [0.25, 0.3) is 0 Å². The Kier molecular flexibility index (Phi) is 3.54. The van der Waals surface area contributed by atoms with Gasteiger partial charge in [-0.2, -0.15) is 0 Å². The van der Waals surface area contributed by atoms with Crippen molar-refractivity contribution in [2.75, 3.05) is 0 Å². The summed E-state index contributed by atoms with van der Waals surface area (Å²) < 4.78 is 25.2. The molecule has 0 saturated carbocycles. The van der Waals surface area contributed by atoms with E-state index >= 15 is 0 Å². The van der Waals surface area contributed by atoms with Gasteiger partial charge in [-0.15, -0.1) is 0 Å². The van der Waals surface area contributed by atoms with Gasteiger partial charge in [0.15, 0.2) is 5.78 Å². The molecule has 0 spiro atoms. The van der Waals surface area contributed by atoms with Crippen molar-refractivity contribution in [1.82, 2.24) is 4.31 Å². The van der Waals surface area contributed by atoms with Crippen LogP contribution in [0.2, 0.25) is 0 Å². The molecule has 0 aromatic heterocycles. The zero-order valence-corrected chi connectivity index (χ0v) is 12.1. The number of hydrogen-bond acceptors (Lipinski definition) is 6. The van der Waals surface area contributed by atoms with Gasteiger partial charge >= 0.3 is 0 Å². The van der Waals surface area contributed by atoms with Crippen LogP contribution in [0, 0.1) is 10.1 Å². The molecule has 112 valence electrons. The van der Waals surface area contributed by atoms with E-state index in [1.165, 1.54) is 6.92 Å². The number of benzene rings is 1. The van der Waals surface area contributed by atoms with Gasteiger partial charge in [-0.3, -0.25) is 19.7 Å². The first-order valence-electron chi connectivity index (χ1n) is 6.11. The molecule has 2 rings (SSSR count). The SMILES string of the molecule is CCC(=O)C(C)N1C(=O)c2ccc([N+](=O)[O-])cc2S1(=O)=O. The predicted molar refractivity (Wildman–Crippen MR) is 71.2 cm³/mol. The Balaban J connectivity index is 2.60. The van der Waals surface area contributed by atoms with Gasteiger partial charge in [0.05, 0.1) is 10.5 Å². The van der Waals surface area contributed by atoms with Crippen molar-refractivity contribution in [2.24, 2.45) is 0 Å². The van der Waals surface area contributed by atoms with Crippen LogP contribution in [0.3, 0.4) is 0 Å². The van der Waals surface area contributed by atoms with E-state index < -0.39 is 43.3 Å². The fourth-order valence-corrected chi connectivity index (χ4v) is 3.92. The van der Waals surface area contributed by atoms with E-state index in [2.05, 4.69) is 0 Å². The lowest BCUT2D eigenvalue weighted by Crippen LogP contribution is -2.42. The third kappa shape index (κ3) is 2.19. The molecule has 1 aliphatic heterocycles. The maximum absolute atomic E-state index is 12.4. The zero-order chi connectivity index (χ0) is 15.9. The fraction of sp³-hybridized carbons (Fsp3) is 0.333. The first-order chi connectivity index (χ1) is 9.71. The smallest absolute Gasteiger partial charge is 0.270 e. The molecule has 0 aliphatic carbocycles. The molecule has 1 aromatic rings. The van der Waals surface area contributed by atoms with E-state index in [0.29, 0.717) is 4.31 Å². The summed E-state index contributed by atoms with van der Waals surface area (Å²) in [6.45, 7) is 2.88. The van der Waals surface area contributed by atoms with Crippen molar-refractivity contribution in [2.45, 2.75) is 31.2 Å². The van der Waals surface area contributed by atoms with Crippen molar-refractivity contribution >= 4 is 27.4 Å². The van der Waals surface area contributed by atoms with Gasteiger partial charge in [-0.25, -0.2) is 12.7 Å². The van der Waals surface area contributed by atoms with Gasteiger partial charge < -0.3 is 0 Å². The van der Waals surface area contributed by atoms with Crippen LogP contribution in [0.15, 0.2) is 23.1 Å². The van der Waals surface area contributed by atoms with E-state index in [0.717, 1.165) is 18.2 Å². The summed E-state index contributed by atoms with van der Waals surface area (Å²) in [4.78, 5) is 33.4. The highest BCUT2D eigenvalue weighted by Crippen LogP contribution is 2.34. The number of rotatable bonds is 4. The molecule has 1 heterocycles. The number of fused-ring (bicyclic) bond motifs is 1. The summed E-state index contributed by atoms with van der Waals surface area (Å²) in [5, 5.41) is 10.7. The van der Waals surface area contributed by atoms with Gasteiger partial charge in [0.1, 0.15) is 10.9 Å². The van der Waals surface area contributed by atoms with Gasteiger partial charge in [-0.05, 0) is 13.0 Å². The number of nitro groups is 1. The number of nitro benzene ring substituents is 1. The summed E-state index contributed by atoms with van der Waals surface area (Å²) in [5.41, 5.74) is -0.585. The summed E-state index contributed by atoms with van der Waals surface area (Å²) in [5.74, 6) is -1.25. The van der Waals surface area contributed by atoms with Crippen LogP contribution in [0.5, 0.6) is 0 Å². The average molecular weight is 312 g/mol. The van der Waals surface area contributed by atoms with Crippen LogP contribution in [0.4, 0.5) is 5.69 Å². The zero-order valence-electron chi connectivity index (χ0n) is 11.3. The third-order valence-corrected chi connectivity index (χ3v) is 5.20. The molecule has 0 saturated heterocycles. The van der Waals surface area contributed by atoms with Gasteiger partial charge in [-0.1, -0.05) is 6.92 Å². The number of Topliss-reactive ketones (excluding diaryl/α,β-unsaturated/α-hetero) is 1. The summed E-state index contributed by atoms with van der Waals surface area (Å²) in [7, 11) is -4.25. The Bertz CT molecular complexity index is 755. The number of hydrogen-bond donors (Lipinski definition) is 0. The summed E-state index contributed by atoms with van der Waals surface area (Å²) in [6, 6.07) is 1.85. The van der Waals surface area contributed by atoms with Crippen molar-refractivity contribution < 1.29 is 22.9 Å². The second kappa shape index (κ2) is 4.92. The Morgan fingerprint density at radius 3 is 2.57 bits per heavy atom. The quantitative estimate of drug-likeness (QED) is 0.607. The first kappa shape index (κ1) is 15.1. The van der Waals surface area contributed by atoms with Crippen molar-refractivity contribution in [1.29, 1.82) is 0 Å². The Morgan fingerprint density at radius 1 is 1.43 bits per heavy atom. The van der Waals surface area contributed by atoms with E-state index in [-0.39, 0.29) is 12.0 Å². The van der Waals surface area contributed by atoms with Crippen LogP contribution in [-0.4, -0.2) is 35.4 Å². The van der Waals surface area contributed by atoms with Crippen LogP contribution >= 0.6 is 0 Å². The topological polar surface area (TPSA) is 115 Å². The average Bonchev–Trinajstić information content (AvgIpc) is 2.64. The molecule has 1 amide bonds. The maximum atomic E-state index is 12.4. The number of nitrogens with zero attached hydrogens (tertiary/aromatic N) is 2. The highest BCUT2D eigenvalue weighted by molar-refractivity contribution is 7.90. The number of ketones is 1. The molecular weight excluding hydrogens is 300 g/mol. The van der Waals surface area contributed by atoms with Crippen molar-refractivity contribution in [3.8, 4) is 0 Å². The minimum Gasteiger partial charge on any atom is -0.297 e. The molecule has 21 heavy (non-hydrogen) atoms. The largest absolute Gasteiger partial charge is 0.297 e. The maximum Gasteiger partial charge on any atom is 0.270 e. The van der Waals surface area contributed by atoms with Gasteiger partial charge in [0.2, 0.25) is 0 Å². The Morgan fingerprint density at radius 2 is 2.05 bits per heavy atom. The van der Waals surface area contributed by atoms with Crippen molar-refractivity contribution in [3.05, 3.63) is 33.9 Å². The minimum atomic E-state index is -4.25. The Labute approximate surface area is 120 Å². The number of carbonyl (C=O) groups excluding carboxylic acids is 2. The normalized spacial score (nSPS) is 17.4. The molecule has 1 aromatic carbocycles.